The van der Waals surface area contributed by atoms with Gasteiger partial charge in [-0.15, -0.1) is 0 Å². The molecule has 3 heteroatoms. The van der Waals surface area contributed by atoms with Gasteiger partial charge in [0.25, 0.3) is 0 Å². The number of carbonyl (C=O) groups excluding carboxylic acids is 1. The Balaban J connectivity index is 2.40. The number of carbonyl (C=O) groups is 1. The molecule has 2 rings (SSSR count). The highest BCUT2D eigenvalue weighted by Crippen LogP contribution is 2.40. The minimum absolute atomic E-state index is 0.0277. The van der Waals surface area contributed by atoms with Crippen molar-refractivity contribution in [2.45, 2.75) is 18.9 Å². The molecule has 3 unspecified atom stereocenters. The van der Waals surface area contributed by atoms with Gasteiger partial charge in [-0.25, -0.2) is 0 Å². The zero-order chi connectivity index (χ0) is 15.3. The van der Waals surface area contributed by atoms with Crippen molar-refractivity contribution in [1.29, 1.82) is 0 Å². The van der Waals surface area contributed by atoms with Crippen molar-refractivity contribution < 1.29 is 14.3 Å². The first-order chi connectivity index (χ1) is 10.2. The number of allylic oxidation sites excluding steroid dienone is 2. The first-order valence-electron chi connectivity index (χ1n) is 7.15. The first kappa shape index (κ1) is 15.5. The summed E-state index contributed by atoms with van der Waals surface area (Å²) >= 11 is 0. The van der Waals surface area contributed by atoms with Crippen LogP contribution in [0.2, 0.25) is 0 Å². The van der Waals surface area contributed by atoms with E-state index in [1.807, 2.05) is 43.4 Å². The average molecular weight is 286 g/mol. The summed E-state index contributed by atoms with van der Waals surface area (Å²) < 4.78 is 11.4. The SMILES string of the molecule is COC1=CC=CC(OC)(C(C)C=O)C1Cc1ccccc1. The summed E-state index contributed by atoms with van der Waals surface area (Å²) in [7, 11) is 3.32. The van der Waals surface area contributed by atoms with Crippen LogP contribution in [0.1, 0.15) is 12.5 Å². The van der Waals surface area contributed by atoms with Crippen LogP contribution >= 0.6 is 0 Å². The maximum absolute atomic E-state index is 11.4. The minimum Gasteiger partial charge on any atom is -0.501 e. The van der Waals surface area contributed by atoms with Gasteiger partial charge >= 0.3 is 0 Å². The van der Waals surface area contributed by atoms with Crippen LogP contribution in [0.15, 0.2) is 54.3 Å². The quantitative estimate of drug-likeness (QED) is 0.754. The van der Waals surface area contributed by atoms with Crippen LogP contribution in [0.5, 0.6) is 0 Å². The van der Waals surface area contributed by atoms with Gasteiger partial charge in [-0.2, -0.15) is 0 Å². The summed E-state index contributed by atoms with van der Waals surface area (Å²) in [6.45, 7) is 1.89. The molecule has 3 nitrogen and oxygen atoms in total. The summed E-state index contributed by atoms with van der Waals surface area (Å²) in [5.74, 6) is 0.559. The Morgan fingerprint density at radius 2 is 2.00 bits per heavy atom. The van der Waals surface area contributed by atoms with Crippen LogP contribution < -0.4 is 0 Å². The molecule has 1 aliphatic rings. The molecule has 0 bridgehead atoms. The van der Waals surface area contributed by atoms with Crippen molar-refractivity contribution in [3.05, 3.63) is 59.9 Å². The molecule has 112 valence electrons. The summed E-state index contributed by atoms with van der Waals surface area (Å²) in [4.78, 5) is 11.4. The highest BCUT2D eigenvalue weighted by molar-refractivity contribution is 5.57. The molecule has 0 spiro atoms. The first-order valence-corrected chi connectivity index (χ1v) is 7.15. The molecule has 0 amide bonds. The van der Waals surface area contributed by atoms with Crippen molar-refractivity contribution in [2.75, 3.05) is 14.2 Å². The van der Waals surface area contributed by atoms with E-state index in [0.717, 1.165) is 18.5 Å². The smallest absolute Gasteiger partial charge is 0.126 e. The van der Waals surface area contributed by atoms with Gasteiger partial charge in [0.05, 0.1) is 13.0 Å². The minimum atomic E-state index is -0.669. The molecular weight excluding hydrogens is 264 g/mol. The maximum atomic E-state index is 11.4. The second-order valence-electron chi connectivity index (χ2n) is 5.36. The van der Waals surface area contributed by atoms with E-state index < -0.39 is 5.60 Å². The van der Waals surface area contributed by atoms with Crippen molar-refractivity contribution in [3.63, 3.8) is 0 Å². The predicted molar refractivity (Wildman–Crippen MR) is 82.8 cm³/mol. The highest BCUT2D eigenvalue weighted by atomic mass is 16.5. The third-order valence-corrected chi connectivity index (χ3v) is 4.29. The molecule has 0 heterocycles. The fourth-order valence-corrected chi connectivity index (χ4v) is 3.04. The Kier molecular flexibility index (Phi) is 4.97. The molecule has 0 radical (unpaired) electrons. The van der Waals surface area contributed by atoms with Gasteiger partial charge in [-0.1, -0.05) is 49.4 Å². The maximum Gasteiger partial charge on any atom is 0.126 e. The lowest BCUT2D eigenvalue weighted by Gasteiger charge is -2.42. The van der Waals surface area contributed by atoms with Gasteiger partial charge in [0, 0.05) is 13.0 Å². The zero-order valence-electron chi connectivity index (χ0n) is 12.8. The van der Waals surface area contributed by atoms with E-state index in [1.165, 1.54) is 5.56 Å². The van der Waals surface area contributed by atoms with Gasteiger partial charge in [0.15, 0.2) is 0 Å². The Hall–Kier alpha value is -1.87. The van der Waals surface area contributed by atoms with Crippen molar-refractivity contribution >= 4 is 6.29 Å². The molecule has 0 N–H and O–H groups in total. The summed E-state index contributed by atoms with van der Waals surface area (Å²) in [6.07, 6.45) is 7.54. The van der Waals surface area contributed by atoms with Crippen molar-refractivity contribution in [3.8, 4) is 0 Å². The van der Waals surface area contributed by atoms with E-state index in [1.54, 1.807) is 14.2 Å². The van der Waals surface area contributed by atoms with E-state index in [9.17, 15) is 4.79 Å². The lowest BCUT2D eigenvalue weighted by molar-refractivity contribution is -0.123. The molecule has 21 heavy (non-hydrogen) atoms. The standard InChI is InChI=1S/C18H22O3/c1-14(13-19)18(21-3)11-7-10-17(20-2)16(18)12-15-8-5-4-6-9-15/h4-11,13-14,16H,12H2,1-3H3. The van der Waals surface area contributed by atoms with E-state index in [4.69, 9.17) is 9.47 Å². The number of ether oxygens (including phenoxy) is 2. The van der Waals surface area contributed by atoms with Gasteiger partial charge in [0.2, 0.25) is 0 Å². The van der Waals surface area contributed by atoms with Gasteiger partial charge in [-0.05, 0) is 18.1 Å². The van der Waals surface area contributed by atoms with Gasteiger partial charge in [0.1, 0.15) is 17.6 Å². The normalized spacial score (nSPS) is 26.0. The molecule has 0 saturated heterocycles. The Morgan fingerprint density at radius 3 is 2.57 bits per heavy atom. The van der Waals surface area contributed by atoms with Crippen LogP contribution in [0.4, 0.5) is 0 Å². The zero-order valence-corrected chi connectivity index (χ0v) is 12.8. The molecule has 1 aromatic rings. The van der Waals surface area contributed by atoms with Crippen LogP contribution in [0, 0.1) is 11.8 Å². The molecular formula is C18H22O3. The van der Waals surface area contributed by atoms with Gasteiger partial charge in [-0.3, -0.25) is 0 Å². The molecule has 1 aliphatic carbocycles. The van der Waals surface area contributed by atoms with Gasteiger partial charge < -0.3 is 14.3 Å². The molecule has 0 saturated carbocycles. The Labute approximate surface area is 126 Å². The van der Waals surface area contributed by atoms with Crippen LogP contribution in [0.25, 0.3) is 0 Å². The average Bonchev–Trinajstić information content (AvgIpc) is 2.55. The summed E-state index contributed by atoms with van der Waals surface area (Å²) in [6, 6.07) is 10.2. The lowest BCUT2D eigenvalue weighted by Crippen LogP contribution is -2.48. The third-order valence-electron chi connectivity index (χ3n) is 4.29. The number of aldehydes is 1. The Bertz CT molecular complexity index is 533. The van der Waals surface area contributed by atoms with E-state index in [2.05, 4.69) is 12.1 Å². The second-order valence-corrected chi connectivity index (χ2v) is 5.36. The predicted octanol–water partition coefficient (Wildman–Crippen LogP) is 3.17. The number of hydrogen-bond donors (Lipinski definition) is 0. The van der Waals surface area contributed by atoms with Crippen LogP contribution in [0.3, 0.4) is 0 Å². The Morgan fingerprint density at radius 1 is 1.29 bits per heavy atom. The van der Waals surface area contributed by atoms with E-state index in [-0.39, 0.29) is 11.8 Å². The van der Waals surface area contributed by atoms with Crippen LogP contribution in [-0.2, 0) is 20.7 Å². The molecule has 0 aromatic heterocycles. The molecule has 3 atom stereocenters. The lowest BCUT2D eigenvalue weighted by atomic mass is 9.72. The number of hydrogen-bond acceptors (Lipinski definition) is 3. The largest absolute Gasteiger partial charge is 0.501 e. The molecule has 0 aliphatic heterocycles. The molecule has 1 aromatic carbocycles. The van der Waals surface area contributed by atoms with E-state index in [0.29, 0.717) is 0 Å². The summed E-state index contributed by atoms with van der Waals surface area (Å²) in [5, 5.41) is 0. The number of methoxy groups -OCH3 is 2. The van der Waals surface area contributed by atoms with Crippen molar-refractivity contribution in [2.24, 2.45) is 11.8 Å². The van der Waals surface area contributed by atoms with Crippen molar-refractivity contribution in [1.82, 2.24) is 0 Å². The second kappa shape index (κ2) is 6.72. The topological polar surface area (TPSA) is 35.5 Å². The number of rotatable bonds is 6. The fourth-order valence-electron chi connectivity index (χ4n) is 3.04. The fraction of sp³-hybridized carbons (Fsp3) is 0.389. The molecule has 0 fully saturated rings. The highest BCUT2D eigenvalue weighted by Gasteiger charge is 2.45. The monoisotopic (exact) mass is 286 g/mol. The number of benzene rings is 1. The summed E-state index contributed by atoms with van der Waals surface area (Å²) in [5.41, 5.74) is 0.526. The van der Waals surface area contributed by atoms with Crippen LogP contribution in [-0.4, -0.2) is 26.1 Å². The third kappa shape index (κ3) is 2.93. The van der Waals surface area contributed by atoms with E-state index >= 15 is 0 Å².